The first-order valence-corrected chi connectivity index (χ1v) is 17.5. The fourth-order valence-corrected chi connectivity index (χ4v) is 11.1. The molecular formula is C22H52N2O6Si3. The maximum absolute atomic E-state index is 5.84. The van der Waals surface area contributed by atoms with Crippen LogP contribution in [0.15, 0.2) is 0 Å². The highest BCUT2D eigenvalue weighted by molar-refractivity contribution is 6.73. The lowest BCUT2D eigenvalue weighted by Crippen LogP contribution is -2.51. The van der Waals surface area contributed by atoms with E-state index in [1.807, 2.05) is 0 Å². The molecule has 0 aliphatic heterocycles. The molecule has 0 amide bonds. The van der Waals surface area contributed by atoms with Gasteiger partial charge in [0.15, 0.2) is 0 Å². The van der Waals surface area contributed by atoms with Gasteiger partial charge in [-0.2, -0.15) is 0 Å². The zero-order chi connectivity index (χ0) is 25.0. The van der Waals surface area contributed by atoms with Crippen molar-refractivity contribution in [2.24, 2.45) is 0 Å². The Bertz CT molecular complexity index is 426. The van der Waals surface area contributed by atoms with Gasteiger partial charge in [0.1, 0.15) is 0 Å². The first-order chi connectivity index (χ1) is 16.0. The second-order valence-corrected chi connectivity index (χ2v) is 16.4. The third-order valence-electron chi connectivity index (χ3n) is 6.38. The van der Waals surface area contributed by atoms with Gasteiger partial charge in [0, 0.05) is 53.9 Å². The Kier molecular flexibility index (Phi) is 20.7. The zero-order valence-electron chi connectivity index (χ0n) is 22.7. The minimum absolute atomic E-state index is 0.325. The zero-order valence-corrected chi connectivity index (χ0v) is 25.7. The molecule has 0 heterocycles. The van der Waals surface area contributed by atoms with Crippen molar-refractivity contribution in [3.8, 4) is 0 Å². The minimum Gasteiger partial charge on any atom is -0.377 e. The molecule has 1 unspecified atom stereocenters. The quantitative estimate of drug-likeness (QED) is 0.152. The lowest BCUT2D eigenvalue weighted by atomic mass is 10.1. The molecule has 0 fully saturated rings. The standard InChI is InChI=1S/C22H52N2O6Si3/c1-9-24(10-2)19-15-13-11-12-14-17-22(33(28-6,29-7)30-8)31-21-23-18-16-20-32(25-3,26-4)27-5/h22-23H,9-21H2,1-8H3. The lowest BCUT2D eigenvalue weighted by molar-refractivity contribution is 0.118. The predicted octanol–water partition coefficient (Wildman–Crippen LogP) is 3.39. The van der Waals surface area contributed by atoms with Gasteiger partial charge >= 0.3 is 17.6 Å². The summed E-state index contributed by atoms with van der Waals surface area (Å²) in [5.74, 6) is 0. The summed E-state index contributed by atoms with van der Waals surface area (Å²) in [5, 5.41) is 3.89. The molecule has 0 aromatic heterocycles. The average molecular weight is 525 g/mol. The Balaban J connectivity index is 4.41. The molecule has 2 radical (unpaired) electrons. The second kappa shape index (κ2) is 20.5. The predicted molar refractivity (Wildman–Crippen MR) is 141 cm³/mol. The molecule has 0 aromatic carbocycles. The monoisotopic (exact) mass is 524 g/mol. The maximum Gasteiger partial charge on any atom is 0.500 e. The molecule has 198 valence electrons. The van der Waals surface area contributed by atoms with Gasteiger partial charge < -0.3 is 36.8 Å². The number of hydrogen-bond donors (Lipinski definition) is 1. The van der Waals surface area contributed by atoms with Crippen LogP contribution in [0, 0.1) is 0 Å². The molecule has 0 bridgehead atoms. The van der Waals surface area contributed by atoms with E-state index < -0.39 is 17.6 Å². The lowest BCUT2D eigenvalue weighted by Gasteiger charge is -2.32. The normalized spacial score (nSPS) is 13.7. The summed E-state index contributed by atoms with van der Waals surface area (Å²) in [6, 6.07) is 0.803. The molecule has 0 aromatic rings. The highest BCUT2D eigenvalue weighted by Crippen LogP contribution is 2.29. The van der Waals surface area contributed by atoms with E-state index in [0.29, 0.717) is 14.7 Å². The number of unbranched alkanes of at least 4 members (excludes halogenated alkanes) is 4. The SMILES string of the molecule is CCN(CC)CCCCCCCC([Si]CNCCC[Si](OC)(OC)OC)[Si](OC)(OC)OC. The van der Waals surface area contributed by atoms with E-state index in [1.54, 1.807) is 42.7 Å². The van der Waals surface area contributed by atoms with Gasteiger partial charge in [-0.05, 0) is 51.6 Å². The summed E-state index contributed by atoms with van der Waals surface area (Å²) in [7, 11) is 5.71. The molecule has 0 saturated carbocycles. The maximum atomic E-state index is 5.84. The molecule has 0 rings (SSSR count). The Labute approximate surface area is 208 Å². The van der Waals surface area contributed by atoms with Crippen LogP contribution in [0.1, 0.15) is 58.8 Å². The van der Waals surface area contributed by atoms with Crippen molar-refractivity contribution >= 4 is 27.1 Å². The average Bonchev–Trinajstić information content (AvgIpc) is 2.86. The molecule has 1 atom stereocenters. The van der Waals surface area contributed by atoms with Crippen molar-refractivity contribution in [2.75, 3.05) is 75.0 Å². The van der Waals surface area contributed by atoms with Crippen molar-refractivity contribution < 1.29 is 26.6 Å². The molecule has 0 aliphatic rings. The van der Waals surface area contributed by atoms with Crippen LogP contribution in [0.25, 0.3) is 0 Å². The summed E-state index contributed by atoms with van der Waals surface area (Å²) in [6.45, 7) is 8.91. The summed E-state index contributed by atoms with van der Waals surface area (Å²) in [4.78, 5) is 2.50. The van der Waals surface area contributed by atoms with Gasteiger partial charge in [-0.15, -0.1) is 0 Å². The van der Waals surface area contributed by atoms with Crippen molar-refractivity contribution in [3.63, 3.8) is 0 Å². The van der Waals surface area contributed by atoms with E-state index in [9.17, 15) is 0 Å². The molecule has 1 N–H and O–H groups in total. The molecule has 0 aliphatic carbocycles. The van der Waals surface area contributed by atoms with Gasteiger partial charge in [-0.3, -0.25) is 0 Å². The van der Waals surface area contributed by atoms with Crippen LogP contribution in [-0.2, 0) is 26.6 Å². The Morgan fingerprint density at radius 2 is 1.27 bits per heavy atom. The minimum atomic E-state index is -2.65. The van der Waals surface area contributed by atoms with Crippen molar-refractivity contribution in [1.29, 1.82) is 0 Å². The van der Waals surface area contributed by atoms with Crippen LogP contribution in [-0.4, -0.2) is 107 Å². The summed E-state index contributed by atoms with van der Waals surface area (Å²) < 4.78 is 34.0. The van der Waals surface area contributed by atoms with E-state index in [-0.39, 0.29) is 0 Å². The molecule has 11 heteroatoms. The van der Waals surface area contributed by atoms with Crippen LogP contribution in [0.3, 0.4) is 0 Å². The molecule has 0 saturated heterocycles. The van der Waals surface area contributed by atoms with E-state index in [4.69, 9.17) is 26.6 Å². The van der Waals surface area contributed by atoms with E-state index >= 15 is 0 Å². The summed E-state index contributed by atoms with van der Waals surface area (Å²) in [6.07, 6.45) is 9.31. The number of hydrogen-bond acceptors (Lipinski definition) is 8. The summed E-state index contributed by atoms with van der Waals surface area (Å²) >= 11 is 0. The van der Waals surface area contributed by atoms with Crippen molar-refractivity contribution in [1.82, 2.24) is 10.2 Å². The van der Waals surface area contributed by atoms with E-state index in [1.165, 1.54) is 38.6 Å². The third-order valence-corrected chi connectivity index (χ3v) is 15.0. The number of nitrogens with one attached hydrogen (secondary N) is 1. The third kappa shape index (κ3) is 12.7. The summed E-state index contributed by atoms with van der Waals surface area (Å²) in [5.41, 5.74) is 0. The van der Waals surface area contributed by atoms with Crippen LogP contribution < -0.4 is 5.32 Å². The first-order valence-electron chi connectivity index (χ1n) is 12.4. The Hall–Kier alpha value is 0.331. The highest BCUT2D eigenvalue weighted by Gasteiger charge is 2.46. The van der Waals surface area contributed by atoms with Gasteiger partial charge in [-0.1, -0.05) is 39.5 Å². The molecule has 33 heavy (non-hydrogen) atoms. The Morgan fingerprint density at radius 1 is 0.727 bits per heavy atom. The highest BCUT2D eigenvalue weighted by atomic mass is 28.4. The largest absolute Gasteiger partial charge is 0.500 e. The fraction of sp³-hybridized carbons (Fsp3) is 1.00. The smallest absolute Gasteiger partial charge is 0.377 e. The van der Waals surface area contributed by atoms with Crippen LogP contribution >= 0.6 is 0 Å². The van der Waals surface area contributed by atoms with Gasteiger partial charge in [-0.25, -0.2) is 0 Å². The van der Waals surface area contributed by atoms with Crippen molar-refractivity contribution in [2.45, 2.75) is 70.0 Å². The van der Waals surface area contributed by atoms with E-state index in [0.717, 1.165) is 44.7 Å². The van der Waals surface area contributed by atoms with Gasteiger partial charge in [0.05, 0.1) is 9.52 Å². The fourth-order valence-electron chi connectivity index (χ4n) is 4.10. The van der Waals surface area contributed by atoms with Gasteiger partial charge in [0.2, 0.25) is 0 Å². The van der Waals surface area contributed by atoms with Crippen LogP contribution in [0.4, 0.5) is 0 Å². The molecule has 0 spiro atoms. The van der Waals surface area contributed by atoms with E-state index in [2.05, 4.69) is 24.1 Å². The first kappa shape index (κ1) is 33.3. The molecule has 8 nitrogen and oxygen atoms in total. The van der Waals surface area contributed by atoms with Crippen LogP contribution in [0.5, 0.6) is 0 Å². The second-order valence-electron chi connectivity index (χ2n) is 8.13. The Morgan fingerprint density at radius 3 is 1.79 bits per heavy atom. The number of nitrogens with zero attached hydrogens (tertiary/aromatic N) is 1. The van der Waals surface area contributed by atoms with Crippen LogP contribution in [0.2, 0.25) is 11.2 Å². The number of rotatable bonds is 24. The molecular weight excluding hydrogens is 473 g/mol. The van der Waals surface area contributed by atoms with Gasteiger partial charge in [0.25, 0.3) is 0 Å². The van der Waals surface area contributed by atoms with Crippen molar-refractivity contribution in [3.05, 3.63) is 0 Å². The topological polar surface area (TPSA) is 70.7 Å².